The molecule has 358 valence electrons. The zero-order valence-corrected chi connectivity index (χ0v) is 39.8. The first kappa shape index (κ1) is 55.9. The molecule has 12 nitrogen and oxygen atoms in total. The molecule has 0 amide bonds. The zero-order valence-electron chi connectivity index (χ0n) is 38.9. The van der Waals surface area contributed by atoms with Gasteiger partial charge in [0, 0.05) is 30.4 Å². The number of carbonyl (C=O) groups excluding carboxylic acids is 2. The van der Waals surface area contributed by atoms with E-state index in [1.807, 2.05) is 0 Å². The summed E-state index contributed by atoms with van der Waals surface area (Å²) in [7, 11) is -4.57. The molecule has 0 saturated carbocycles. The molecular formula is C50H82NO11P. The van der Waals surface area contributed by atoms with E-state index in [0.29, 0.717) is 24.2 Å². The second-order valence-electron chi connectivity index (χ2n) is 16.5. The molecule has 0 bridgehead atoms. The maximum Gasteiger partial charge on any atom is 0.472 e. The molecular weight excluding hydrogens is 822 g/mol. The van der Waals surface area contributed by atoms with Crippen molar-refractivity contribution in [2.75, 3.05) is 26.4 Å². The van der Waals surface area contributed by atoms with Crippen LogP contribution in [-0.4, -0.2) is 49.3 Å². The molecule has 0 spiro atoms. The molecule has 2 N–H and O–H groups in total. The van der Waals surface area contributed by atoms with Crippen molar-refractivity contribution < 1.29 is 46.8 Å². The Morgan fingerprint density at radius 1 is 0.651 bits per heavy atom. The number of ether oxygens (including phenoxy) is 2. The van der Waals surface area contributed by atoms with Gasteiger partial charge in [0.2, 0.25) is 0 Å². The molecule has 2 atom stereocenters. The Hall–Kier alpha value is -3.28. The molecule has 0 aliphatic heterocycles. The number of hydrogen-bond acceptors (Lipinski definition) is 11. The second kappa shape index (κ2) is 38.0. The van der Waals surface area contributed by atoms with Gasteiger partial charge in [-0.1, -0.05) is 141 Å². The van der Waals surface area contributed by atoms with Crippen LogP contribution in [0.3, 0.4) is 0 Å². The first-order chi connectivity index (χ1) is 30.7. The fourth-order valence-corrected chi connectivity index (χ4v) is 7.71. The minimum Gasteiger partial charge on any atom is -0.462 e. The third kappa shape index (κ3) is 32.1. The maximum absolute atomic E-state index is 12.8. The lowest BCUT2D eigenvalue weighted by atomic mass is 10.1. The summed E-state index contributed by atoms with van der Waals surface area (Å²) in [5.74, 6) is -0.551. The number of esters is 2. The lowest BCUT2D eigenvalue weighted by Crippen LogP contribution is -2.29. The van der Waals surface area contributed by atoms with Crippen LogP contribution >= 0.6 is 7.82 Å². The smallest absolute Gasteiger partial charge is 0.462 e. The third-order valence-electron chi connectivity index (χ3n) is 10.7. The molecule has 1 heterocycles. The molecule has 2 aromatic rings. The molecule has 1 aromatic carbocycles. The van der Waals surface area contributed by atoms with Gasteiger partial charge in [0.05, 0.1) is 19.8 Å². The predicted molar refractivity (Wildman–Crippen MR) is 253 cm³/mol. The summed E-state index contributed by atoms with van der Waals surface area (Å²) < 4.78 is 39.1. The van der Waals surface area contributed by atoms with E-state index in [1.165, 1.54) is 89.2 Å². The molecule has 0 saturated heterocycles. The van der Waals surface area contributed by atoms with Crippen molar-refractivity contribution in [2.24, 2.45) is 0 Å². The summed E-state index contributed by atoms with van der Waals surface area (Å²) in [5.41, 5.74) is 2.48. The first-order valence-electron chi connectivity index (χ1n) is 24.4. The molecule has 0 radical (unpaired) electrons. The summed E-state index contributed by atoms with van der Waals surface area (Å²) in [6, 6.07) is 7.89. The number of phosphoric acid groups is 1. The van der Waals surface area contributed by atoms with Gasteiger partial charge in [-0.3, -0.25) is 18.6 Å². The van der Waals surface area contributed by atoms with Gasteiger partial charge in [-0.2, -0.15) is 5.48 Å². The van der Waals surface area contributed by atoms with Gasteiger partial charge in [0.25, 0.3) is 0 Å². The van der Waals surface area contributed by atoms with Crippen molar-refractivity contribution in [3.8, 4) is 5.75 Å². The Labute approximate surface area is 378 Å². The monoisotopic (exact) mass is 904 g/mol. The van der Waals surface area contributed by atoms with E-state index >= 15 is 0 Å². The molecule has 13 heteroatoms. The van der Waals surface area contributed by atoms with Crippen LogP contribution in [0.15, 0.2) is 63.8 Å². The summed E-state index contributed by atoms with van der Waals surface area (Å²) in [6.45, 7) is 3.43. The molecule has 0 fully saturated rings. The molecule has 1 unspecified atom stereocenters. The average Bonchev–Trinajstić information content (AvgIpc) is 3.27. The quantitative estimate of drug-likeness (QED) is 0.0162. The summed E-state index contributed by atoms with van der Waals surface area (Å²) in [6.07, 6.45) is 38.5. The van der Waals surface area contributed by atoms with Crippen molar-refractivity contribution in [1.82, 2.24) is 5.48 Å². The normalized spacial score (nSPS) is 13.2. The van der Waals surface area contributed by atoms with E-state index in [9.17, 15) is 23.8 Å². The van der Waals surface area contributed by atoms with Crippen molar-refractivity contribution in [3.05, 3.63) is 65.1 Å². The molecule has 2 rings (SSSR count). The predicted octanol–water partition coefficient (Wildman–Crippen LogP) is 13.3. The van der Waals surface area contributed by atoms with Crippen molar-refractivity contribution in [2.45, 2.75) is 200 Å². The van der Waals surface area contributed by atoms with Gasteiger partial charge < -0.3 is 23.6 Å². The SMILES string of the molecule is CCCCCCCC/C=C\CCCCCCCC(=O)OC[C@H](COP(=O)(O)OCCNOc1ccc2ccc(=O)oc2c1)OC(=O)CCCCCCC/C=C\CCCCCCCC. The van der Waals surface area contributed by atoms with Crippen LogP contribution in [-0.2, 0) is 32.7 Å². The van der Waals surface area contributed by atoms with E-state index in [-0.39, 0.29) is 32.6 Å². The Bertz CT molecular complexity index is 1630. The summed E-state index contributed by atoms with van der Waals surface area (Å²) in [5, 5.41) is 0.726. The highest BCUT2D eigenvalue weighted by Crippen LogP contribution is 2.43. The molecule has 0 aliphatic carbocycles. The highest BCUT2D eigenvalue weighted by atomic mass is 31.2. The minimum absolute atomic E-state index is 0.00697. The Morgan fingerprint density at radius 2 is 1.14 bits per heavy atom. The lowest BCUT2D eigenvalue weighted by Gasteiger charge is -2.20. The van der Waals surface area contributed by atoms with Crippen LogP contribution in [0.1, 0.15) is 194 Å². The number of nitrogens with one attached hydrogen (secondary N) is 1. The van der Waals surface area contributed by atoms with E-state index in [0.717, 1.165) is 82.4 Å². The zero-order chi connectivity index (χ0) is 45.5. The number of benzene rings is 1. The first-order valence-corrected chi connectivity index (χ1v) is 25.9. The maximum atomic E-state index is 12.8. The van der Waals surface area contributed by atoms with Crippen LogP contribution in [0.5, 0.6) is 5.75 Å². The number of rotatable bonds is 42. The Balaban J connectivity index is 1.69. The largest absolute Gasteiger partial charge is 0.472 e. The number of unbranched alkanes of at least 4 members (excludes halogenated alkanes) is 22. The number of carbonyl (C=O) groups is 2. The number of fused-ring (bicyclic) bond motifs is 1. The van der Waals surface area contributed by atoms with Gasteiger partial charge in [0.1, 0.15) is 12.2 Å². The topological polar surface area (TPSA) is 160 Å². The number of phosphoric ester groups is 1. The Kier molecular flexibility index (Phi) is 33.7. The number of hydrogen-bond donors (Lipinski definition) is 2. The summed E-state index contributed by atoms with van der Waals surface area (Å²) >= 11 is 0. The van der Waals surface area contributed by atoms with Gasteiger partial charge in [-0.15, -0.1) is 0 Å². The van der Waals surface area contributed by atoms with E-state index in [4.69, 9.17) is 27.8 Å². The van der Waals surface area contributed by atoms with Gasteiger partial charge in [-0.05, 0) is 82.4 Å². The van der Waals surface area contributed by atoms with E-state index in [2.05, 4.69) is 43.6 Å². The lowest BCUT2D eigenvalue weighted by molar-refractivity contribution is -0.161. The second-order valence-corrected chi connectivity index (χ2v) is 18.0. The van der Waals surface area contributed by atoms with Crippen LogP contribution in [0, 0.1) is 0 Å². The van der Waals surface area contributed by atoms with Crippen LogP contribution in [0.4, 0.5) is 0 Å². The van der Waals surface area contributed by atoms with Gasteiger partial charge in [0.15, 0.2) is 11.9 Å². The highest BCUT2D eigenvalue weighted by molar-refractivity contribution is 7.47. The molecule has 63 heavy (non-hydrogen) atoms. The fourth-order valence-electron chi connectivity index (χ4n) is 6.96. The highest BCUT2D eigenvalue weighted by Gasteiger charge is 2.26. The van der Waals surface area contributed by atoms with Crippen molar-refractivity contribution in [3.63, 3.8) is 0 Å². The van der Waals surface area contributed by atoms with Gasteiger partial charge in [-0.25, -0.2) is 9.36 Å². The van der Waals surface area contributed by atoms with Crippen LogP contribution in [0.25, 0.3) is 11.0 Å². The van der Waals surface area contributed by atoms with Gasteiger partial charge >= 0.3 is 25.4 Å². The number of allylic oxidation sites excluding steroid dienone is 4. The van der Waals surface area contributed by atoms with Crippen LogP contribution < -0.4 is 15.9 Å². The number of hydroxylamine groups is 1. The summed E-state index contributed by atoms with van der Waals surface area (Å²) in [4.78, 5) is 52.7. The standard InChI is InChI=1S/C50H82NO11P/c1-3-5-7-9-11-13-15-17-19-21-23-25-27-29-31-33-48(52)57-42-46(60-49(53)34-32-30-28-26-24-22-20-18-16-14-12-10-8-6-4-2)43-59-63(55,56)58-40-39-51-62-45-37-35-44-36-38-50(54)61-47(44)41-45/h17-20,35-38,41,46,51H,3-16,21-34,39-40,42-43H2,1-2H3,(H,55,56)/b19-17-,20-18-/t46-/m1/s1. The van der Waals surface area contributed by atoms with Crippen LogP contribution in [0.2, 0.25) is 0 Å². The van der Waals surface area contributed by atoms with E-state index in [1.54, 1.807) is 18.2 Å². The van der Waals surface area contributed by atoms with Crippen molar-refractivity contribution >= 4 is 30.7 Å². The fraction of sp³-hybridized carbons (Fsp3) is 0.700. The van der Waals surface area contributed by atoms with Crippen molar-refractivity contribution in [1.29, 1.82) is 0 Å². The molecule has 0 aliphatic rings. The Morgan fingerprint density at radius 3 is 1.70 bits per heavy atom. The minimum atomic E-state index is -4.57. The van der Waals surface area contributed by atoms with E-state index < -0.39 is 38.1 Å². The molecule has 1 aromatic heterocycles. The average molecular weight is 904 g/mol. The third-order valence-corrected chi connectivity index (χ3v) is 11.7.